The lowest BCUT2D eigenvalue weighted by atomic mass is 9.88. The third-order valence-corrected chi connectivity index (χ3v) is 3.24. The van der Waals surface area contributed by atoms with Gasteiger partial charge in [-0.05, 0) is 12.0 Å². The molecule has 4 nitrogen and oxygen atoms in total. The number of amides is 2. The van der Waals surface area contributed by atoms with Crippen LogP contribution < -0.4 is 10.6 Å². The van der Waals surface area contributed by atoms with Gasteiger partial charge in [-0.25, -0.2) is 0 Å². The second-order valence-electron chi connectivity index (χ2n) is 4.53. The van der Waals surface area contributed by atoms with E-state index in [1.165, 1.54) is 0 Å². The Morgan fingerprint density at radius 2 is 2.11 bits per heavy atom. The highest BCUT2D eigenvalue weighted by atomic mass is 16.2. The van der Waals surface area contributed by atoms with Gasteiger partial charge in [-0.1, -0.05) is 37.3 Å². The molecule has 1 aliphatic rings. The first-order chi connectivity index (χ1) is 8.74. The highest BCUT2D eigenvalue weighted by Crippen LogP contribution is 2.28. The Hall–Kier alpha value is -1.84. The van der Waals surface area contributed by atoms with E-state index < -0.39 is 5.92 Å². The number of rotatable bonds is 4. The number of carbonyl (C=O) groups is 2. The number of hydrogen-bond acceptors (Lipinski definition) is 2. The minimum absolute atomic E-state index is 0.0597. The average molecular weight is 246 g/mol. The van der Waals surface area contributed by atoms with Gasteiger partial charge < -0.3 is 10.6 Å². The molecule has 0 bridgehead atoms. The van der Waals surface area contributed by atoms with E-state index in [1.54, 1.807) is 0 Å². The molecule has 18 heavy (non-hydrogen) atoms. The summed E-state index contributed by atoms with van der Waals surface area (Å²) in [4.78, 5) is 23.8. The summed E-state index contributed by atoms with van der Waals surface area (Å²) in [6, 6.07) is 9.72. The quantitative estimate of drug-likeness (QED) is 0.780. The zero-order valence-corrected chi connectivity index (χ0v) is 10.5. The van der Waals surface area contributed by atoms with Gasteiger partial charge in [0.05, 0.1) is 0 Å². The molecular formula is C14H18N2O2. The zero-order valence-electron chi connectivity index (χ0n) is 10.5. The Morgan fingerprint density at radius 3 is 2.78 bits per heavy atom. The third-order valence-electron chi connectivity index (χ3n) is 3.24. The van der Waals surface area contributed by atoms with Crippen molar-refractivity contribution in [3.05, 3.63) is 35.9 Å². The minimum atomic E-state index is -0.598. The van der Waals surface area contributed by atoms with Crippen LogP contribution in [0.25, 0.3) is 0 Å². The van der Waals surface area contributed by atoms with Gasteiger partial charge in [-0.15, -0.1) is 0 Å². The van der Waals surface area contributed by atoms with Gasteiger partial charge in [0.2, 0.25) is 11.8 Å². The Bertz CT molecular complexity index is 431. The van der Waals surface area contributed by atoms with Crippen molar-refractivity contribution in [2.45, 2.75) is 19.3 Å². The number of hydrogen-bond donors (Lipinski definition) is 2. The predicted octanol–water partition coefficient (Wildman–Crippen LogP) is 1.04. The van der Waals surface area contributed by atoms with Crippen molar-refractivity contribution >= 4 is 11.8 Å². The highest BCUT2D eigenvalue weighted by Gasteiger charge is 2.40. The van der Waals surface area contributed by atoms with E-state index in [0.29, 0.717) is 13.1 Å². The molecule has 0 aromatic heterocycles. The number of benzene rings is 1. The first-order valence-corrected chi connectivity index (χ1v) is 6.34. The summed E-state index contributed by atoms with van der Waals surface area (Å²) in [5.74, 6) is -0.993. The van der Waals surface area contributed by atoms with Crippen LogP contribution in [0, 0.1) is 5.92 Å². The van der Waals surface area contributed by atoms with Crippen molar-refractivity contribution < 1.29 is 9.59 Å². The van der Waals surface area contributed by atoms with Crippen molar-refractivity contribution in [1.29, 1.82) is 0 Å². The second-order valence-corrected chi connectivity index (χ2v) is 4.53. The average Bonchev–Trinajstić information content (AvgIpc) is 2.79. The molecule has 1 saturated heterocycles. The van der Waals surface area contributed by atoms with Crippen LogP contribution in [0.5, 0.6) is 0 Å². The molecule has 96 valence electrons. The normalized spacial score (nSPS) is 22.6. The summed E-state index contributed by atoms with van der Waals surface area (Å²) in [5, 5.41) is 5.58. The molecule has 0 saturated carbocycles. The predicted molar refractivity (Wildman–Crippen MR) is 69.0 cm³/mol. The second kappa shape index (κ2) is 5.67. The van der Waals surface area contributed by atoms with Crippen molar-refractivity contribution in [3.63, 3.8) is 0 Å². The molecular weight excluding hydrogens is 228 g/mol. The van der Waals surface area contributed by atoms with Crippen molar-refractivity contribution in [1.82, 2.24) is 10.6 Å². The standard InChI is InChI=1S/C14H18N2O2/c1-2-8-15-13(17)12-11(9-16-14(12)18)10-6-4-3-5-7-10/h3-7,11-12H,2,8-9H2,1H3,(H,15,17)(H,16,18)/t11-,12+/m0/s1. The van der Waals surface area contributed by atoms with Crippen molar-refractivity contribution in [3.8, 4) is 0 Å². The van der Waals surface area contributed by atoms with Crippen LogP contribution in [0.4, 0.5) is 0 Å². The summed E-state index contributed by atoms with van der Waals surface area (Å²) in [6.07, 6.45) is 0.871. The summed E-state index contributed by atoms with van der Waals surface area (Å²) < 4.78 is 0. The molecule has 2 N–H and O–H groups in total. The Morgan fingerprint density at radius 1 is 1.39 bits per heavy atom. The summed E-state index contributed by atoms with van der Waals surface area (Å²) in [7, 11) is 0. The molecule has 2 atom stereocenters. The van der Waals surface area contributed by atoms with Gasteiger partial charge in [0.15, 0.2) is 0 Å². The van der Waals surface area contributed by atoms with E-state index in [0.717, 1.165) is 12.0 Å². The van der Waals surface area contributed by atoms with E-state index in [9.17, 15) is 9.59 Å². The van der Waals surface area contributed by atoms with E-state index >= 15 is 0 Å². The zero-order chi connectivity index (χ0) is 13.0. The maximum Gasteiger partial charge on any atom is 0.233 e. The van der Waals surface area contributed by atoms with Crippen LogP contribution in [0.1, 0.15) is 24.8 Å². The van der Waals surface area contributed by atoms with Crippen molar-refractivity contribution in [2.24, 2.45) is 5.92 Å². The lowest BCUT2D eigenvalue weighted by molar-refractivity contribution is -0.133. The third kappa shape index (κ3) is 2.53. The van der Waals surface area contributed by atoms with Gasteiger partial charge >= 0.3 is 0 Å². The van der Waals surface area contributed by atoms with Gasteiger partial charge in [-0.2, -0.15) is 0 Å². The number of nitrogens with one attached hydrogen (secondary N) is 2. The molecule has 1 fully saturated rings. The van der Waals surface area contributed by atoms with Crippen LogP contribution in [-0.4, -0.2) is 24.9 Å². The first kappa shape index (κ1) is 12.6. The monoisotopic (exact) mass is 246 g/mol. The van der Waals surface area contributed by atoms with Gasteiger partial charge in [0.25, 0.3) is 0 Å². The fourth-order valence-electron chi connectivity index (χ4n) is 2.29. The molecule has 4 heteroatoms. The van der Waals surface area contributed by atoms with Gasteiger partial charge in [-0.3, -0.25) is 9.59 Å². The smallest absolute Gasteiger partial charge is 0.233 e. The Labute approximate surface area is 107 Å². The molecule has 0 aliphatic carbocycles. The van der Waals surface area contributed by atoms with E-state index in [-0.39, 0.29) is 17.7 Å². The largest absolute Gasteiger partial charge is 0.355 e. The molecule has 0 unspecified atom stereocenters. The van der Waals surface area contributed by atoms with Crippen LogP contribution in [0.15, 0.2) is 30.3 Å². The van der Waals surface area contributed by atoms with Gasteiger partial charge in [0, 0.05) is 19.0 Å². The molecule has 1 aromatic carbocycles. The molecule has 1 aromatic rings. The molecule has 0 spiro atoms. The lowest BCUT2D eigenvalue weighted by Gasteiger charge is -2.16. The topological polar surface area (TPSA) is 58.2 Å². The number of carbonyl (C=O) groups excluding carboxylic acids is 2. The molecule has 0 radical (unpaired) electrons. The van der Waals surface area contributed by atoms with Crippen molar-refractivity contribution in [2.75, 3.05) is 13.1 Å². The fraction of sp³-hybridized carbons (Fsp3) is 0.429. The van der Waals surface area contributed by atoms with Crippen LogP contribution in [0.3, 0.4) is 0 Å². The first-order valence-electron chi connectivity index (χ1n) is 6.34. The summed E-state index contributed by atoms with van der Waals surface area (Å²) in [6.45, 7) is 3.14. The van der Waals surface area contributed by atoms with Crippen LogP contribution in [-0.2, 0) is 9.59 Å². The van der Waals surface area contributed by atoms with Gasteiger partial charge in [0.1, 0.15) is 5.92 Å². The van der Waals surface area contributed by atoms with Crippen LogP contribution >= 0.6 is 0 Å². The fourth-order valence-corrected chi connectivity index (χ4v) is 2.29. The van der Waals surface area contributed by atoms with E-state index in [1.807, 2.05) is 37.3 Å². The summed E-state index contributed by atoms with van der Waals surface area (Å²) >= 11 is 0. The molecule has 1 aliphatic heterocycles. The molecule has 2 amide bonds. The lowest BCUT2D eigenvalue weighted by Crippen LogP contribution is -2.37. The van der Waals surface area contributed by atoms with Crippen LogP contribution in [0.2, 0.25) is 0 Å². The molecule has 2 rings (SSSR count). The highest BCUT2D eigenvalue weighted by molar-refractivity contribution is 6.02. The van der Waals surface area contributed by atoms with E-state index in [4.69, 9.17) is 0 Å². The summed E-state index contributed by atoms with van der Waals surface area (Å²) in [5.41, 5.74) is 1.03. The maximum atomic E-state index is 12.0. The SMILES string of the molecule is CCCNC(=O)[C@@H]1C(=O)NC[C@H]1c1ccccc1. The Kier molecular flexibility index (Phi) is 3.97. The van der Waals surface area contributed by atoms with E-state index in [2.05, 4.69) is 10.6 Å². The maximum absolute atomic E-state index is 12.0. The molecule has 1 heterocycles. The minimum Gasteiger partial charge on any atom is -0.355 e. The Balaban J connectivity index is 2.15.